The van der Waals surface area contributed by atoms with Crippen LogP contribution in [-0.2, 0) is 0 Å². The average molecular weight is 304 g/mol. The van der Waals surface area contributed by atoms with Gasteiger partial charge in [-0.25, -0.2) is 0 Å². The molecule has 16 heavy (non-hydrogen) atoms. The lowest BCUT2D eigenvalue weighted by atomic mass is 10.1. The number of rotatable bonds is 2. The molecule has 0 aliphatic heterocycles. The summed E-state index contributed by atoms with van der Waals surface area (Å²) in [6.07, 6.45) is 0. The minimum atomic E-state index is 0.318. The van der Waals surface area contributed by atoms with Gasteiger partial charge in [-0.05, 0) is 22.0 Å². The van der Waals surface area contributed by atoms with Crippen LogP contribution in [0.2, 0.25) is 5.02 Å². The molecule has 6 heteroatoms. The number of aromatic nitrogens is 1. The summed E-state index contributed by atoms with van der Waals surface area (Å²) >= 11 is 9.46. The molecule has 0 unspecified atom stereocenters. The quantitative estimate of drug-likeness (QED) is 0.924. The predicted molar refractivity (Wildman–Crippen MR) is 65.6 cm³/mol. The molecule has 0 bridgehead atoms. The number of hydrogen-bond donors (Lipinski definition) is 1. The molecule has 0 radical (unpaired) electrons. The van der Waals surface area contributed by atoms with Crippen LogP contribution in [-0.4, -0.2) is 12.3 Å². The van der Waals surface area contributed by atoms with E-state index in [-0.39, 0.29) is 0 Å². The van der Waals surface area contributed by atoms with Gasteiger partial charge in [0.2, 0.25) is 0 Å². The molecule has 0 saturated heterocycles. The van der Waals surface area contributed by atoms with Crippen LogP contribution in [0.25, 0.3) is 11.3 Å². The van der Waals surface area contributed by atoms with Gasteiger partial charge in [0.05, 0.1) is 16.6 Å². The standard InChI is InChI=1S/C10H8BrClN2O2/c1-15-9-3-7(12)5(2-6(9)11)8-4-10(13)14-16-8/h2-4H,1H3,(H2,13,14). The predicted octanol–water partition coefficient (Wildman–Crippen LogP) is 3.35. The van der Waals surface area contributed by atoms with Crippen LogP contribution < -0.4 is 10.5 Å². The zero-order valence-corrected chi connectivity index (χ0v) is 10.7. The molecule has 1 aromatic carbocycles. The van der Waals surface area contributed by atoms with Gasteiger partial charge in [0, 0.05) is 17.7 Å². The van der Waals surface area contributed by atoms with Crippen molar-refractivity contribution in [3.05, 3.63) is 27.7 Å². The van der Waals surface area contributed by atoms with E-state index in [1.165, 1.54) is 0 Å². The fourth-order valence-corrected chi connectivity index (χ4v) is 2.04. The number of benzene rings is 1. The molecule has 2 rings (SSSR count). The third-order valence-corrected chi connectivity index (χ3v) is 2.97. The highest BCUT2D eigenvalue weighted by atomic mass is 79.9. The summed E-state index contributed by atoms with van der Waals surface area (Å²) < 4.78 is 10.9. The van der Waals surface area contributed by atoms with Crippen LogP contribution in [0.1, 0.15) is 0 Å². The number of anilines is 1. The van der Waals surface area contributed by atoms with Crippen molar-refractivity contribution < 1.29 is 9.26 Å². The van der Waals surface area contributed by atoms with Crippen LogP contribution >= 0.6 is 27.5 Å². The number of nitrogens with two attached hydrogens (primary N) is 1. The van der Waals surface area contributed by atoms with Crippen LogP contribution in [0.3, 0.4) is 0 Å². The topological polar surface area (TPSA) is 61.3 Å². The second kappa shape index (κ2) is 4.35. The molecule has 0 amide bonds. The Kier molecular flexibility index (Phi) is 3.07. The maximum Gasteiger partial charge on any atom is 0.170 e. The SMILES string of the molecule is COc1cc(Cl)c(-c2cc(N)no2)cc1Br. The molecule has 84 valence electrons. The zero-order chi connectivity index (χ0) is 11.7. The lowest BCUT2D eigenvalue weighted by Gasteiger charge is -2.06. The Morgan fingerprint density at radius 2 is 2.19 bits per heavy atom. The lowest BCUT2D eigenvalue weighted by molar-refractivity contribution is 0.412. The molecule has 2 aromatic rings. The Morgan fingerprint density at radius 3 is 2.75 bits per heavy atom. The van der Waals surface area contributed by atoms with Gasteiger partial charge in [-0.15, -0.1) is 0 Å². The maximum absolute atomic E-state index is 6.09. The Bertz CT molecular complexity index is 528. The molecular formula is C10H8BrClN2O2. The Labute approximate surface area is 105 Å². The van der Waals surface area contributed by atoms with E-state index in [0.717, 1.165) is 4.47 Å². The molecule has 0 aliphatic carbocycles. The lowest BCUT2D eigenvalue weighted by Crippen LogP contribution is -1.86. The van der Waals surface area contributed by atoms with Crippen molar-refractivity contribution in [1.82, 2.24) is 5.16 Å². The van der Waals surface area contributed by atoms with Crippen molar-refractivity contribution in [3.63, 3.8) is 0 Å². The molecule has 1 aromatic heterocycles. The Hall–Kier alpha value is -1.20. The number of hydrogen-bond acceptors (Lipinski definition) is 4. The minimum Gasteiger partial charge on any atom is -0.496 e. The van der Waals surface area contributed by atoms with Gasteiger partial charge in [0.25, 0.3) is 0 Å². The molecular weight excluding hydrogens is 295 g/mol. The second-order valence-electron chi connectivity index (χ2n) is 3.08. The van der Waals surface area contributed by atoms with Crippen molar-refractivity contribution in [2.45, 2.75) is 0 Å². The summed E-state index contributed by atoms with van der Waals surface area (Å²) in [7, 11) is 1.57. The van der Waals surface area contributed by atoms with E-state index in [1.54, 1.807) is 25.3 Å². The van der Waals surface area contributed by atoms with Gasteiger partial charge in [0.1, 0.15) is 5.75 Å². The first kappa shape index (κ1) is 11.3. The second-order valence-corrected chi connectivity index (χ2v) is 4.34. The summed E-state index contributed by atoms with van der Waals surface area (Å²) in [4.78, 5) is 0. The normalized spacial score (nSPS) is 10.4. The van der Waals surface area contributed by atoms with E-state index in [1.807, 2.05) is 0 Å². The maximum atomic E-state index is 6.09. The van der Waals surface area contributed by atoms with Crippen molar-refractivity contribution >= 4 is 33.3 Å². The van der Waals surface area contributed by atoms with E-state index in [9.17, 15) is 0 Å². The third-order valence-electron chi connectivity index (χ3n) is 2.04. The first-order chi connectivity index (χ1) is 7.61. The molecule has 0 aliphatic rings. The van der Waals surface area contributed by atoms with Gasteiger partial charge >= 0.3 is 0 Å². The number of ether oxygens (including phenoxy) is 1. The number of nitrogen functional groups attached to an aromatic ring is 1. The summed E-state index contributed by atoms with van der Waals surface area (Å²) in [5.74, 6) is 1.49. The average Bonchev–Trinajstić information content (AvgIpc) is 2.67. The van der Waals surface area contributed by atoms with E-state index in [0.29, 0.717) is 27.9 Å². The molecule has 1 heterocycles. The highest BCUT2D eigenvalue weighted by molar-refractivity contribution is 9.10. The number of nitrogens with zero attached hydrogens (tertiary/aromatic N) is 1. The Morgan fingerprint density at radius 1 is 1.44 bits per heavy atom. The van der Waals surface area contributed by atoms with Crippen molar-refractivity contribution in [3.8, 4) is 17.1 Å². The number of halogens is 2. The van der Waals surface area contributed by atoms with Crippen molar-refractivity contribution in [2.24, 2.45) is 0 Å². The third kappa shape index (κ3) is 2.01. The minimum absolute atomic E-state index is 0.318. The molecule has 4 nitrogen and oxygen atoms in total. The van der Waals surface area contributed by atoms with E-state index in [4.69, 9.17) is 26.6 Å². The monoisotopic (exact) mass is 302 g/mol. The highest BCUT2D eigenvalue weighted by Crippen LogP contribution is 2.37. The van der Waals surface area contributed by atoms with Crippen LogP contribution in [0.4, 0.5) is 5.82 Å². The summed E-state index contributed by atoms with van der Waals surface area (Å²) in [5, 5.41) is 4.11. The van der Waals surface area contributed by atoms with Crippen LogP contribution in [0.15, 0.2) is 27.2 Å². The molecule has 0 fully saturated rings. The van der Waals surface area contributed by atoms with Gasteiger partial charge in [0.15, 0.2) is 11.6 Å². The van der Waals surface area contributed by atoms with E-state index in [2.05, 4.69) is 21.1 Å². The van der Waals surface area contributed by atoms with Gasteiger partial charge in [-0.2, -0.15) is 0 Å². The summed E-state index contributed by atoms with van der Waals surface area (Å²) in [5.41, 5.74) is 6.18. The van der Waals surface area contributed by atoms with Gasteiger partial charge < -0.3 is 15.0 Å². The zero-order valence-electron chi connectivity index (χ0n) is 8.33. The van der Waals surface area contributed by atoms with Crippen molar-refractivity contribution in [2.75, 3.05) is 12.8 Å². The molecule has 0 spiro atoms. The largest absolute Gasteiger partial charge is 0.496 e. The smallest absolute Gasteiger partial charge is 0.170 e. The van der Waals surface area contributed by atoms with Gasteiger partial charge in [-0.3, -0.25) is 0 Å². The highest BCUT2D eigenvalue weighted by Gasteiger charge is 2.12. The van der Waals surface area contributed by atoms with Crippen LogP contribution in [0.5, 0.6) is 5.75 Å². The molecule has 0 atom stereocenters. The first-order valence-corrected chi connectivity index (χ1v) is 5.54. The molecule has 2 N–H and O–H groups in total. The van der Waals surface area contributed by atoms with Crippen LogP contribution in [0, 0.1) is 0 Å². The summed E-state index contributed by atoms with van der Waals surface area (Å²) in [6.45, 7) is 0. The number of methoxy groups -OCH3 is 1. The first-order valence-electron chi connectivity index (χ1n) is 4.37. The Balaban J connectivity index is 2.54. The van der Waals surface area contributed by atoms with Crippen molar-refractivity contribution in [1.29, 1.82) is 0 Å². The fraction of sp³-hybridized carbons (Fsp3) is 0.100. The van der Waals surface area contributed by atoms with E-state index < -0.39 is 0 Å². The van der Waals surface area contributed by atoms with E-state index >= 15 is 0 Å². The van der Waals surface area contributed by atoms with Gasteiger partial charge in [-0.1, -0.05) is 16.8 Å². The molecule has 0 saturated carbocycles. The fourth-order valence-electron chi connectivity index (χ4n) is 1.29. The summed E-state index contributed by atoms with van der Waals surface area (Å²) in [6, 6.07) is 5.10.